The standard InChI is InChI=1S/C22H21F3N6O/c1-12-13(2)19-20(27-4-3-26-19)17-11-30(10-16(12)17)18(32)5-14-8-31(9-14)21-28-6-15(7-29-21)22(23,24)25/h3-4,6-7,14H,5,8-11H2,1-2H3. The highest BCUT2D eigenvalue weighted by molar-refractivity contribution is 5.86. The fraction of sp³-hybridized carbons (Fsp3) is 0.409. The molecule has 2 aliphatic heterocycles. The van der Waals surface area contributed by atoms with Gasteiger partial charge in [-0.1, -0.05) is 0 Å². The van der Waals surface area contributed by atoms with E-state index >= 15 is 0 Å². The molecule has 1 amide bonds. The van der Waals surface area contributed by atoms with Crippen LogP contribution in [0, 0.1) is 19.8 Å². The number of aryl methyl sites for hydroxylation is 1. The van der Waals surface area contributed by atoms with Crippen molar-refractivity contribution in [1.82, 2.24) is 24.8 Å². The van der Waals surface area contributed by atoms with Gasteiger partial charge >= 0.3 is 6.18 Å². The predicted octanol–water partition coefficient (Wildman–Crippen LogP) is 3.42. The Labute approximate surface area is 182 Å². The van der Waals surface area contributed by atoms with Gasteiger partial charge in [0.2, 0.25) is 11.9 Å². The summed E-state index contributed by atoms with van der Waals surface area (Å²) < 4.78 is 38.0. The molecule has 2 aliphatic rings. The number of hydrogen-bond donors (Lipinski definition) is 0. The molecule has 0 aliphatic carbocycles. The Morgan fingerprint density at radius 1 is 0.969 bits per heavy atom. The molecule has 0 atom stereocenters. The lowest BCUT2D eigenvalue weighted by atomic mass is 9.96. The molecule has 3 aromatic rings. The van der Waals surface area contributed by atoms with Crippen LogP contribution in [0.4, 0.5) is 19.1 Å². The van der Waals surface area contributed by atoms with E-state index in [-0.39, 0.29) is 17.8 Å². The Kier molecular flexibility index (Phi) is 4.75. The molecular formula is C22H21F3N6O. The van der Waals surface area contributed by atoms with Gasteiger partial charge in [-0.25, -0.2) is 9.97 Å². The maximum absolute atomic E-state index is 13.0. The van der Waals surface area contributed by atoms with Crippen LogP contribution in [0.3, 0.4) is 0 Å². The third kappa shape index (κ3) is 3.43. The maximum Gasteiger partial charge on any atom is 0.419 e. The first-order chi connectivity index (χ1) is 15.2. The van der Waals surface area contributed by atoms with Crippen molar-refractivity contribution in [2.75, 3.05) is 18.0 Å². The first-order valence-corrected chi connectivity index (χ1v) is 10.4. The van der Waals surface area contributed by atoms with E-state index in [9.17, 15) is 18.0 Å². The van der Waals surface area contributed by atoms with Crippen molar-refractivity contribution in [1.29, 1.82) is 0 Å². The fourth-order valence-electron chi connectivity index (χ4n) is 4.47. The number of hydrogen-bond acceptors (Lipinski definition) is 6. The zero-order valence-electron chi connectivity index (χ0n) is 17.6. The van der Waals surface area contributed by atoms with Gasteiger partial charge in [-0.15, -0.1) is 0 Å². The summed E-state index contributed by atoms with van der Waals surface area (Å²) >= 11 is 0. The van der Waals surface area contributed by atoms with Gasteiger partial charge in [0, 0.05) is 68.9 Å². The lowest BCUT2D eigenvalue weighted by Crippen LogP contribution is -2.49. The zero-order chi connectivity index (χ0) is 22.6. The molecule has 7 nitrogen and oxygen atoms in total. The van der Waals surface area contributed by atoms with Gasteiger partial charge in [0.25, 0.3) is 0 Å². The molecule has 32 heavy (non-hydrogen) atoms. The summed E-state index contributed by atoms with van der Waals surface area (Å²) in [4.78, 5) is 33.2. The number of carbonyl (C=O) groups excluding carboxylic acids is 1. The number of fused-ring (bicyclic) bond motifs is 3. The van der Waals surface area contributed by atoms with Crippen molar-refractivity contribution in [2.45, 2.75) is 39.5 Å². The van der Waals surface area contributed by atoms with Crippen LogP contribution in [0.5, 0.6) is 0 Å². The molecular weight excluding hydrogens is 421 g/mol. The Morgan fingerprint density at radius 2 is 1.59 bits per heavy atom. The van der Waals surface area contributed by atoms with Gasteiger partial charge in [0.15, 0.2) is 0 Å². The van der Waals surface area contributed by atoms with Crippen LogP contribution in [0.1, 0.15) is 34.2 Å². The van der Waals surface area contributed by atoms with Crippen molar-refractivity contribution in [2.24, 2.45) is 5.92 Å². The Hall–Kier alpha value is -3.30. The molecule has 0 unspecified atom stereocenters. The summed E-state index contributed by atoms with van der Waals surface area (Å²) in [6.45, 7) is 6.26. The number of aromatic nitrogens is 4. The lowest BCUT2D eigenvalue weighted by molar-refractivity contribution is -0.138. The minimum absolute atomic E-state index is 0.0632. The van der Waals surface area contributed by atoms with E-state index in [2.05, 4.69) is 26.9 Å². The van der Waals surface area contributed by atoms with E-state index in [0.29, 0.717) is 32.6 Å². The van der Waals surface area contributed by atoms with Crippen molar-refractivity contribution >= 4 is 22.9 Å². The van der Waals surface area contributed by atoms with Gasteiger partial charge in [-0.05, 0) is 30.5 Å². The van der Waals surface area contributed by atoms with E-state index in [0.717, 1.165) is 45.7 Å². The molecule has 166 valence electrons. The van der Waals surface area contributed by atoms with Crippen molar-refractivity contribution in [3.63, 3.8) is 0 Å². The lowest BCUT2D eigenvalue weighted by Gasteiger charge is -2.39. The average molecular weight is 442 g/mol. The molecule has 5 rings (SSSR count). The molecule has 0 bridgehead atoms. The van der Waals surface area contributed by atoms with Crippen LogP contribution >= 0.6 is 0 Å². The molecule has 1 fully saturated rings. The summed E-state index contributed by atoms with van der Waals surface area (Å²) in [5.74, 6) is 0.441. The smallest absolute Gasteiger partial charge is 0.340 e. The number of nitrogens with zero attached hydrogens (tertiary/aromatic N) is 6. The number of carbonyl (C=O) groups is 1. The van der Waals surface area contributed by atoms with Crippen LogP contribution < -0.4 is 4.90 Å². The molecule has 4 heterocycles. The number of rotatable bonds is 3. The van der Waals surface area contributed by atoms with E-state index in [4.69, 9.17) is 0 Å². The van der Waals surface area contributed by atoms with Gasteiger partial charge in [-0.2, -0.15) is 13.2 Å². The summed E-state index contributed by atoms with van der Waals surface area (Å²) in [6.07, 6.45) is 0.867. The second-order valence-electron chi connectivity index (χ2n) is 8.46. The molecule has 1 saturated heterocycles. The van der Waals surface area contributed by atoms with Gasteiger partial charge in [0.1, 0.15) is 0 Å². The third-order valence-corrected chi connectivity index (χ3v) is 6.44. The van der Waals surface area contributed by atoms with E-state index in [1.54, 1.807) is 17.3 Å². The zero-order valence-corrected chi connectivity index (χ0v) is 17.6. The van der Waals surface area contributed by atoms with Gasteiger partial charge in [0.05, 0.1) is 16.6 Å². The Balaban J connectivity index is 1.22. The van der Waals surface area contributed by atoms with Crippen LogP contribution in [0.2, 0.25) is 0 Å². The van der Waals surface area contributed by atoms with Crippen LogP contribution in [-0.2, 0) is 24.1 Å². The second-order valence-corrected chi connectivity index (χ2v) is 8.46. The maximum atomic E-state index is 13.0. The summed E-state index contributed by atoms with van der Waals surface area (Å²) in [7, 11) is 0. The topological polar surface area (TPSA) is 75.1 Å². The number of alkyl halides is 3. The average Bonchev–Trinajstić information content (AvgIpc) is 3.20. The highest BCUT2D eigenvalue weighted by atomic mass is 19.4. The van der Waals surface area contributed by atoms with Gasteiger partial charge in [-0.3, -0.25) is 14.8 Å². The number of benzene rings is 1. The SMILES string of the molecule is Cc1c2c(c3nccnc3c1C)CN(C(=O)CC1CN(c3ncc(C(F)(F)F)cn3)C1)C2. The van der Waals surface area contributed by atoms with Crippen LogP contribution in [0.25, 0.3) is 11.0 Å². The summed E-state index contributed by atoms with van der Waals surface area (Å²) in [6, 6.07) is 0. The Bertz CT molecular complexity index is 1200. The van der Waals surface area contributed by atoms with E-state index < -0.39 is 11.7 Å². The minimum atomic E-state index is -4.45. The molecule has 10 heteroatoms. The first kappa shape index (κ1) is 20.6. The third-order valence-electron chi connectivity index (χ3n) is 6.44. The molecule has 2 aromatic heterocycles. The minimum Gasteiger partial charge on any atom is -0.340 e. The number of amides is 1. The van der Waals surface area contributed by atoms with Crippen LogP contribution in [-0.4, -0.2) is 43.8 Å². The summed E-state index contributed by atoms with van der Waals surface area (Å²) in [5, 5.41) is 0. The van der Waals surface area contributed by atoms with Crippen molar-refractivity contribution < 1.29 is 18.0 Å². The van der Waals surface area contributed by atoms with Crippen molar-refractivity contribution in [3.8, 4) is 0 Å². The predicted molar refractivity (Wildman–Crippen MR) is 111 cm³/mol. The highest BCUT2D eigenvalue weighted by Crippen LogP contribution is 2.35. The summed E-state index contributed by atoms with van der Waals surface area (Å²) in [5.41, 5.74) is 5.32. The Morgan fingerprint density at radius 3 is 2.25 bits per heavy atom. The normalized spacial score (nSPS) is 16.4. The second kappa shape index (κ2) is 7.39. The largest absolute Gasteiger partial charge is 0.419 e. The fourth-order valence-corrected chi connectivity index (χ4v) is 4.47. The quantitative estimate of drug-likeness (QED) is 0.619. The highest BCUT2D eigenvalue weighted by Gasteiger charge is 2.36. The molecule has 0 N–H and O–H groups in total. The number of anilines is 1. The monoisotopic (exact) mass is 442 g/mol. The first-order valence-electron chi connectivity index (χ1n) is 10.4. The molecule has 0 radical (unpaired) electrons. The molecule has 0 spiro atoms. The van der Waals surface area contributed by atoms with Crippen LogP contribution in [0.15, 0.2) is 24.8 Å². The van der Waals surface area contributed by atoms with Crippen molar-refractivity contribution in [3.05, 3.63) is 52.6 Å². The number of halogens is 3. The van der Waals surface area contributed by atoms with E-state index in [1.807, 2.05) is 11.8 Å². The van der Waals surface area contributed by atoms with Gasteiger partial charge < -0.3 is 9.80 Å². The molecule has 0 saturated carbocycles. The van der Waals surface area contributed by atoms with E-state index in [1.165, 1.54) is 0 Å². The molecule has 1 aromatic carbocycles.